The van der Waals surface area contributed by atoms with E-state index in [2.05, 4.69) is 10.4 Å². The van der Waals surface area contributed by atoms with Crippen LogP contribution in [0, 0.1) is 12.7 Å². The summed E-state index contributed by atoms with van der Waals surface area (Å²) >= 11 is 0. The number of aromatic nitrogens is 2. The van der Waals surface area contributed by atoms with E-state index in [-0.39, 0.29) is 24.1 Å². The van der Waals surface area contributed by atoms with Gasteiger partial charge in [0, 0.05) is 17.8 Å². The molecule has 0 atom stereocenters. The predicted molar refractivity (Wildman–Crippen MR) is 93.5 cm³/mol. The minimum atomic E-state index is -0.322. The average molecular weight is 353 g/mol. The number of fused-ring (bicyclic) bond motifs is 1. The van der Waals surface area contributed by atoms with E-state index in [1.807, 2.05) is 13.0 Å². The lowest BCUT2D eigenvalue weighted by Crippen LogP contribution is -2.27. The largest absolute Gasteiger partial charge is 0.351 e. The first-order valence-corrected chi connectivity index (χ1v) is 7.97. The fourth-order valence-corrected chi connectivity index (χ4v) is 2.99. The second-order valence-electron chi connectivity index (χ2n) is 5.89. The van der Waals surface area contributed by atoms with Crippen molar-refractivity contribution in [2.45, 2.75) is 32.6 Å². The van der Waals surface area contributed by atoms with Crippen LogP contribution in [0.15, 0.2) is 18.2 Å². The van der Waals surface area contributed by atoms with Crippen LogP contribution in [0.5, 0.6) is 0 Å². The second-order valence-corrected chi connectivity index (χ2v) is 5.89. The third-order valence-electron chi connectivity index (χ3n) is 4.14. The molecule has 2 aromatic rings. The molecule has 3 N–H and O–H groups in total. The highest BCUT2D eigenvalue weighted by Crippen LogP contribution is 2.28. The van der Waals surface area contributed by atoms with Crippen molar-refractivity contribution in [3.8, 4) is 5.69 Å². The molecule has 24 heavy (non-hydrogen) atoms. The van der Waals surface area contributed by atoms with Gasteiger partial charge in [-0.3, -0.25) is 4.79 Å². The first-order valence-electron chi connectivity index (χ1n) is 7.97. The van der Waals surface area contributed by atoms with Crippen molar-refractivity contribution in [1.82, 2.24) is 15.1 Å². The topological polar surface area (TPSA) is 72.9 Å². The minimum Gasteiger partial charge on any atom is -0.351 e. The third-order valence-corrected chi connectivity index (χ3v) is 4.14. The Kier molecular flexibility index (Phi) is 5.96. The van der Waals surface area contributed by atoms with Crippen molar-refractivity contribution in [3.63, 3.8) is 0 Å². The number of nitrogens with zero attached hydrogens (tertiary/aromatic N) is 2. The Labute approximate surface area is 146 Å². The van der Waals surface area contributed by atoms with Gasteiger partial charge in [-0.05, 0) is 56.8 Å². The lowest BCUT2D eigenvalue weighted by molar-refractivity contribution is 0.0947. The minimum absolute atomic E-state index is 0. The smallest absolute Gasteiger partial charge is 0.272 e. The Balaban J connectivity index is 0.00000208. The van der Waals surface area contributed by atoms with E-state index >= 15 is 0 Å². The molecule has 0 radical (unpaired) electrons. The fraction of sp³-hybridized carbons (Fsp3) is 0.412. The van der Waals surface area contributed by atoms with Gasteiger partial charge < -0.3 is 11.1 Å². The first-order chi connectivity index (χ1) is 11.1. The van der Waals surface area contributed by atoms with Crippen LogP contribution in [-0.2, 0) is 12.8 Å². The van der Waals surface area contributed by atoms with E-state index in [0.29, 0.717) is 24.5 Å². The van der Waals surface area contributed by atoms with Gasteiger partial charge in [0.05, 0.1) is 0 Å². The third kappa shape index (κ3) is 3.44. The number of carbonyl (C=O) groups excluding carboxylic acids is 1. The fourth-order valence-electron chi connectivity index (χ4n) is 2.99. The quantitative estimate of drug-likeness (QED) is 0.811. The van der Waals surface area contributed by atoms with Gasteiger partial charge >= 0.3 is 0 Å². The highest BCUT2D eigenvalue weighted by molar-refractivity contribution is 5.94. The Morgan fingerprint density at radius 2 is 2.21 bits per heavy atom. The Morgan fingerprint density at radius 1 is 1.42 bits per heavy atom. The highest BCUT2D eigenvalue weighted by atomic mass is 35.5. The normalized spacial score (nSPS) is 12.6. The summed E-state index contributed by atoms with van der Waals surface area (Å²) in [6.45, 7) is 2.90. The van der Waals surface area contributed by atoms with E-state index < -0.39 is 0 Å². The summed E-state index contributed by atoms with van der Waals surface area (Å²) in [4.78, 5) is 12.3. The molecule has 0 spiro atoms. The maximum absolute atomic E-state index is 14.3. The molecule has 1 aliphatic rings. The maximum atomic E-state index is 14.3. The number of carbonyl (C=O) groups is 1. The number of hydrogen-bond acceptors (Lipinski definition) is 3. The predicted octanol–water partition coefficient (Wildman–Crippen LogP) is 2.31. The molecular weight excluding hydrogens is 331 g/mol. The van der Waals surface area contributed by atoms with Crippen LogP contribution in [0.25, 0.3) is 5.69 Å². The van der Waals surface area contributed by atoms with E-state index in [9.17, 15) is 9.18 Å². The molecule has 1 heterocycles. The Hall–Kier alpha value is -1.92. The van der Waals surface area contributed by atoms with Crippen LogP contribution in [0.1, 0.15) is 40.2 Å². The number of benzene rings is 1. The number of hydrogen-bond donors (Lipinski definition) is 2. The summed E-state index contributed by atoms with van der Waals surface area (Å²) in [5, 5.41) is 7.23. The summed E-state index contributed by atoms with van der Waals surface area (Å²) in [7, 11) is 0. The van der Waals surface area contributed by atoms with Crippen LogP contribution in [0.2, 0.25) is 0 Å². The number of amides is 1. The van der Waals surface area contributed by atoms with Crippen molar-refractivity contribution in [1.29, 1.82) is 0 Å². The Morgan fingerprint density at radius 3 is 2.92 bits per heavy atom. The van der Waals surface area contributed by atoms with Crippen LogP contribution >= 0.6 is 12.4 Å². The SMILES string of the molecule is Cc1ccc(-n2nc(C(=O)NCCCN)c3c2CCC3)c(F)c1.Cl. The van der Waals surface area contributed by atoms with Crippen molar-refractivity contribution in [3.05, 3.63) is 46.5 Å². The summed E-state index contributed by atoms with van der Waals surface area (Å²) in [5.41, 5.74) is 8.99. The number of aryl methyl sites for hydroxylation is 1. The van der Waals surface area contributed by atoms with Gasteiger partial charge in [0.25, 0.3) is 5.91 Å². The van der Waals surface area contributed by atoms with Gasteiger partial charge in [-0.2, -0.15) is 5.10 Å². The lowest BCUT2D eigenvalue weighted by atomic mass is 10.2. The molecule has 0 fully saturated rings. The molecule has 0 saturated carbocycles. The molecule has 1 amide bonds. The van der Waals surface area contributed by atoms with Gasteiger partial charge in [-0.25, -0.2) is 9.07 Å². The van der Waals surface area contributed by atoms with Crippen molar-refractivity contribution in [2.75, 3.05) is 13.1 Å². The summed E-state index contributed by atoms with van der Waals surface area (Å²) in [6.07, 6.45) is 3.30. The lowest BCUT2D eigenvalue weighted by Gasteiger charge is -2.07. The molecule has 1 aromatic carbocycles. The van der Waals surface area contributed by atoms with E-state index in [1.54, 1.807) is 10.7 Å². The molecular formula is C17H22ClFN4O. The van der Waals surface area contributed by atoms with Gasteiger partial charge in [-0.1, -0.05) is 6.07 Å². The van der Waals surface area contributed by atoms with E-state index in [1.165, 1.54) is 6.07 Å². The molecule has 0 bridgehead atoms. The van der Waals surface area contributed by atoms with Gasteiger partial charge in [0.1, 0.15) is 11.5 Å². The summed E-state index contributed by atoms with van der Waals surface area (Å²) < 4.78 is 15.9. The van der Waals surface area contributed by atoms with Gasteiger partial charge in [0.15, 0.2) is 5.69 Å². The highest BCUT2D eigenvalue weighted by Gasteiger charge is 2.27. The van der Waals surface area contributed by atoms with Crippen LogP contribution in [0.3, 0.4) is 0 Å². The van der Waals surface area contributed by atoms with Crippen molar-refractivity contribution < 1.29 is 9.18 Å². The van der Waals surface area contributed by atoms with E-state index in [0.717, 1.165) is 42.5 Å². The zero-order valence-electron chi connectivity index (χ0n) is 13.6. The average Bonchev–Trinajstić information content (AvgIpc) is 3.10. The molecule has 1 aromatic heterocycles. The van der Waals surface area contributed by atoms with Gasteiger partial charge in [-0.15, -0.1) is 12.4 Å². The number of nitrogens with one attached hydrogen (secondary N) is 1. The van der Waals surface area contributed by atoms with Crippen LogP contribution in [0.4, 0.5) is 4.39 Å². The molecule has 130 valence electrons. The first kappa shape index (κ1) is 18.4. The molecule has 7 heteroatoms. The van der Waals surface area contributed by atoms with Crippen molar-refractivity contribution >= 4 is 18.3 Å². The molecule has 0 unspecified atom stereocenters. The van der Waals surface area contributed by atoms with Gasteiger partial charge in [0.2, 0.25) is 0 Å². The van der Waals surface area contributed by atoms with E-state index in [4.69, 9.17) is 5.73 Å². The zero-order valence-corrected chi connectivity index (χ0v) is 14.5. The monoisotopic (exact) mass is 352 g/mol. The second kappa shape index (κ2) is 7.77. The zero-order chi connectivity index (χ0) is 16.4. The molecule has 5 nitrogen and oxygen atoms in total. The summed E-state index contributed by atoms with van der Waals surface area (Å²) in [5.74, 6) is -0.528. The molecule has 1 aliphatic carbocycles. The van der Waals surface area contributed by atoms with Crippen LogP contribution in [-0.4, -0.2) is 28.8 Å². The Bertz CT molecular complexity index is 744. The molecule has 0 aliphatic heterocycles. The number of nitrogens with two attached hydrogens (primary N) is 1. The van der Waals surface area contributed by atoms with Crippen LogP contribution < -0.4 is 11.1 Å². The number of halogens is 2. The maximum Gasteiger partial charge on any atom is 0.272 e. The van der Waals surface area contributed by atoms with Crippen molar-refractivity contribution in [2.24, 2.45) is 5.73 Å². The standard InChI is InChI=1S/C17H21FN4O.ClH/c1-11-6-7-15(13(18)10-11)22-14-5-2-4-12(14)16(21-22)17(23)20-9-3-8-19;/h6-7,10H,2-5,8-9,19H2,1H3,(H,20,23);1H. The number of rotatable bonds is 5. The molecule has 3 rings (SSSR count). The molecule has 0 saturated heterocycles. The summed E-state index contributed by atoms with van der Waals surface area (Å²) in [6, 6.07) is 5.05.